The largest absolute Gasteiger partial charge is 0.367 e. The molecule has 0 aliphatic rings. The van der Waals surface area contributed by atoms with Gasteiger partial charge in [0.05, 0.1) is 5.69 Å². The predicted molar refractivity (Wildman–Crippen MR) is 94.6 cm³/mol. The average Bonchev–Trinajstić information content (AvgIpc) is 3.05. The number of aromatic nitrogens is 5. The Balaban J connectivity index is 1.98. The number of nitrogens with one attached hydrogen (secondary N) is 2. The van der Waals surface area contributed by atoms with Gasteiger partial charge in [-0.2, -0.15) is 0 Å². The molecule has 0 aliphatic carbocycles. The van der Waals surface area contributed by atoms with E-state index in [0.29, 0.717) is 22.6 Å². The second-order valence-electron chi connectivity index (χ2n) is 5.61. The summed E-state index contributed by atoms with van der Waals surface area (Å²) in [5.41, 5.74) is 2.25. The highest BCUT2D eigenvalue weighted by Crippen LogP contribution is 2.16. The zero-order valence-corrected chi connectivity index (χ0v) is 14.3. The van der Waals surface area contributed by atoms with E-state index in [0.717, 1.165) is 38.3 Å². The van der Waals surface area contributed by atoms with E-state index >= 15 is 0 Å². The first-order valence-corrected chi connectivity index (χ1v) is 8.39. The highest BCUT2D eigenvalue weighted by atomic mass is 16.1. The molecule has 0 aromatic carbocycles. The molecule has 128 valence electrons. The van der Waals surface area contributed by atoms with E-state index in [-0.39, 0.29) is 5.56 Å². The average molecular weight is 329 g/mol. The lowest BCUT2D eigenvalue weighted by atomic mass is 10.4. The van der Waals surface area contributed by atoms with Crippen LogP contribution in [0.3, 0.4) is 0 Å². The molecule has 0 amide bonds. The van der Waals surface area contributed by atoms with Gasteiger partial charge in [0, 0.05) is 19.3 Å². The molecule has 0 aliphatic heterocycles. The zero-order chi connectivity index (χ0) is 17.1. The van der Waals surface area contributed by atoms with E-state index < -0.39 is 0 Å². The third-order valence-corrected chi connectivity index (χ3v) is 4.23. The van der Waals surface area contributed by atoms with Gasteiger partial charge in [-0.15, -0.1) is 0 Å². The molecular weight excluding hydrogens is 306 g/mol. The first kappa shape index (κ1) is 16.4. The van der Waals surface area contributed by atoms with Crippen molar-refractivity contribution in [2.75, 3.05) is 31.5 Å². The van der Waals surface area contributed by atoms with Crippen LogP contribution >= 0.6 is 0 Å². The van der Waals surface area contributed by atoms with E-state index in [1.807, 2.05) is 13.1 Å². The number of fused-ring (bicyclic) bond motifs is 3. The Morgan fingerprint density at radius 3 is 2.71 bits per heavy atom. The summed E-state index contributed by atoms with van der Waals surface area (Å²) in [6.45, 7) is 9.97. The molecule has 2 N–H and O–H groups in total. The lowest BCUT2D eigenvalue weighted by Crippen LogP contribution is -2.29. The van der Waals surface area contributed by atoms with Crippen molar-refractivity contribution in [2.24, 2.45) is 0 Å². The summed E-state index contributed by atoms with van der Waals surface area (Å²) in [5, 5.41) is 3.30. The van der Waals surface area contributed by atoms with Gasteiger partial charge in [0.25, 0.3) is 5.56 Å². The number of hydrogen-bond donors (Lipinski definition) is 2. The Kier molecular flexibility index (Phi) is 4.75. The molecule has 0 bridgehead atoms. The minimum Gasteiger partial charge on any atom is -0.367 e. The number of imidazole rings is 1. The molecule has 0 saturated heterocycles. The summed E-state index contributed by atoms with van der Waals surface area (Å²) >= 11 is 0. The van der Waals surface area contributed by atoms with E-state index in [1.54, 1.807) is 4.40 Å². The number of H-pyrrole nitrogens is 1. The van der Waals surface area contributed by atoms with Crippen molar-refractivity contribution in [3.63, 3.8) is 0 Å². The van der Waals surface area contributed by atoms with Crippen molar-refractivity contribution in [3.05, 3.63) is 28.6 Å². The quantitative estimate of drug-likeness (QED) is 0.678. The number of anilines is 1. The van der Waals surface area contributed by atoms with E-state index in [9.17, 15) is 4.79 Å². The van der Waals surface area contributed by atoms with Crippen molar-refractivity contribution >= 4 is 22.6 Å². The molecule has 0 atom stereocenters. The van der Waals surface area contributed by atoms with Crippen LogP contribution in [0.5, 0.6) is 0 Å². The molecule has 3 rings (SSSR count). The number of aryl methyl sites for hydroxylation is 1. The third kappa shape index (κ3) is 2.96. The van der Waals surface area contributed by atoms with Gasteiger partial charge in [0.2, 0.25) is 5.65 Å². The summed E-state index contributed by atoms with van der Waals surface area (Å²) in [6.07, 6.45) is 4.13. The molecular formula is C16H23N7O. The van der Waals surface area contributed by atoms with E-state index in [1.165, 1.54) is 6.33 Å². The van der Waals surface area contributed by atoms with Gasteiger partial charge >= 0.3 is 0 Å². The molecule has 0 fully saturated rings. The minimum absolute atomic E-state index is 0.233. The Bertz CT molecular complexity index is 894. The summed E-state index contributed by atoms with van der Waals surface area (Å²) in [7, 11) is 0. The predicted octanol–water partition coefficient (Wildman–Crippen LogP) is 1.28. The van der Waals surface area contributed by atoms with Gasteiger partial charge in [-0.25, -0.2) is 15.0 Å². The van der Waals surface area contributed by atoms with Gasteiger partial charge in [-0.1, -0.05) is 20.8 Å². The van der Waals surface area contributed by atoms with Crippen molar-refractivity contribution < 1.29 is 0 Å². The molecule has 0 unspecified atom stereocenters. The third-order valence-electron chi connectivity index (χ3n) is 4.23. The molecule has 0 radical (unpaired) electrons. The highest BCUT2D eigenvalue weighted by Gasteiger charge is 2.13. The first-order valence-electron chi connectivity index (χ1n) is 8.39. The van der Waals surface area contributed by atoms with Crippen LogP contribution in [0.25, 0.3) is 16.8 Å². The topological polar surface area (TPSA) is 91.2 Å². The SMILES string of the molecule is CCc1cn2c(n1)c(=O)[nH]c1c(NCCN(CC)CC)ncnc12. The first-order chi connectivity index (χ1) is 11.7. The highest BCUT2D eigenvalue weighted by molar-refractivity contribution is 5.83. The fourth-order valence-corrected chi connectivity index (χ4v) is 2.77. The summed E-state index contributed by atoms with van der Waals surface area (Å²) in [4.78, 5) is 30.5. The molecule has 0 saturated carbocycles. The summed E-state index contributed by atoms with van der Waals surface area (Å²) in [6, 6.07) is 0. The van der Waals surface area contributed by atoms with Crippen LogP contribution in [0, 0.1) is 0 Å². The monoisotopic (exact) mass is 329 g/mol. The Hall–Kier alpha value is -2.48. The molecule has 24 heavy (non-hydrogen) atoms. The zero-order valence-electron chi connectivity index (χ0n) is 14.3. The van der Waals surface area contributed by atoms with Gasteiger partial charge < -0.3 is 15.2 Å². The van der Waals surface area contributed by atoms with Crippen LogP contribution in [-0.2, 0) is 6.42 Å². The van der Waals surface area contributed by atoms with Crippen molar-refractivity contribution in [2.45, 2.75) is 27.2 Å². The van der Waals surface area contributed by atoms with E-state index in [2.05, 4.69) is 44.0 Å². The Labute approximate surface area is 140 Å². The second-order valence-corrected chi connectivity index (χ2v) is 5.61. The van der Waals surface area contributed by atoms with Crippen LogP contribution in [-0.4, -0.2) is 55.4 Å². The van der Waals surface area contributed by atoms with Crippen LogP contribution in [0.15, 0.2) is 17.3 Å². The number of nitrogens with zero attached hydrogens (tertiary/aromatic N) is 5. The number of likely N-dealkylation sites (N-methyl/N-ethyl adjacent to an activating group) is 1. The molecule has 8 heteroatoms. The molecule has 3 heterocycles. The van der Waals surface area contributed by atoms with Crippen molar-refractivity contribution in [1.29, 1.82) is 0 Å². The smallest absolute Gasteiger partial charge is 0.292 e. The number of aromatic amines is 1. The fourth-order valence-electron chi connectivity index (χ4n) is 2.77. The van der Waals surface area contributed by atoms with Crippen molar-refractivity contribution in [1.82, 2.24) is 29.2 Å². The summed E-state index contributed by atoms with van der Waals surface area (Å²) < 4.78 is 1.74. The lowest BCUT2D eigenvalue weighted by Gasteiger charge is -2.18. The molecule has 0 spiro atoms. The van der Waals surface area contributed by atoms with Crippen LogP contribution in [0.2, 0.25) is 0 Å². The maximum Gasteiger partial charge on any atom is 0.292 e. The lowest BCUT2D eigenvalue weighted by molar-refractivity contribution is 0.316. The molecule has 3 aromatic rings. The van der Waals surface area contributed by atoms with Crippen LogP contribution in [0.1, 0.15) is 26.5 Å². The Morgan fingerprint density at radius 1 is 1.21 bits per heavy atom. The maximum absolute atomic E-state index is 12.3. The Morgan fingerprint density at radius 2 is 2.00 bits per heavy atom. The molecule has 8 nitrogen and oxygen atoms in total. The molecule has 3 aromatic heterocycles. The standard InChI is InChI=1S/C16H23N7O/c1-4-11-9-23-14-12(21-16(24)15(23)20-11)13(18-10-19-14)17-7-8-22(5-2)6-3/h9-10H,4-8H2,1-3H3,(H,21,24)(H,17,18,19). The van der Waals surface area contributed by atoms with Crippen LogP contribution in [0.4, 0.5) is 5.82 Å². The van der Waals surface area contributed by atoms with E-state index in [4.69, 9.17) is 0 Å². The van der Waals surface area contributed by atoms with Gasteiger partial charge in [0.15, 0.2) is 11.5 Å². The maximum atomic E-state index is 12.3. The second kappa shape index (κ2) is 6.96. The fraction of sp³-hybridized carbons (Fsp3) is 0.500. The normalized spacial score (nSPS) is 11.7. The van der Waals surface area contributed by atoms with Crippen LogP contribution < -0.4 is 10.9 Å². The van der Waals surface area contributed by atoms with Gasteiger partial charge in [0.1, 0.15) is 11.8 Å². The van der Waals surface area contributed by atoms with Crippen molar-refractivity contribution in [3.8, 4) is 0 Å². The number of rotatable bonds is 7. The minimum atomic E-state index is -0.233. The van der Waals surface area contributed by atoms with Gasteiger partial charge in [-0.3, -0.25) is 9.20 Å². The summed E-state index contributed by atoms with van der Waals surface area (Å²) in [5.74, 6) is 0.637. The van der Waals surface area contributed by atoms with Gasteiger partial charge in [-0.05, 0) is 19.5 Å². The number of hydrogen-bond acceptors (Lipinski definition) is 6.